The summed E-state index contributed by atoms with van der Waals surface area (Å²) < 4.78 is 26.3. The van der Waals surface area contributed by atoms with Crippen molar-refractivity contribution in [1.29, 1.82) is 0 Å². The normalized spacial score (nSPS) is 11.9. The summed E-state index contributed by atoms with van der Waals surface area (Å²) in [4.78, 5) is 29.2. The number of hydrogen-bond donors (Lipinski definition) is 1. The predicted octanol–water partition coefficient (Wildman–Crippen LogP) is 6.15. The lowest BCUT2D eigenvalue weighted by Crippen LogP contribution is -2.13. The summed E-state index contributed by atoms with van der Waals surface area (Å²) in [6.07, 6.45) is 1.39. The van der Waals surface area contributed by atoms with Crippen LogP contribution in [0.2, 0.25) is 5.15 Å². The minimum atomic E-state index is -0.629. The molecule has 1 atom stereocenters. The minimum Gasteiger partial charge on any atom is -0.469 e. The third-order valence-electron chi connectivity index (χ3n) is 5.85. The number of pyridine rings is 1. The fourth-order valence-corrected chi connectivity index (χ4v) is 4.17. The predicted molar refractivity (Wildman–Crippen MR) is 134 cm³/mol. The number of carbonyl (C=O) groups excluding carboxylic acids is 1. The molecular weight excluding hydrogens is 471 g/mol. The minimum absolute atomic E-state index is 0.108. The van der Waals surface area contributed by atoms with E-state index < -0.39 is 11.8 Å². The molecule has 0 saturated heterocycles. The molecular formula is C27H24ClFN2O4. The second-order valence-corrected chi connectivity index (χ2v) is 8.77. The monoisotopic (exact) mass is 494 g/mol. The molecule has 4 aromatic rings. The molecule has 0 aliphatic rings. The summed E-state index contributed by atoms with van der Waals surface area (Å²) in [6, 6.07) is 11.6. The molecule has 0 bridgehead atoms. The lowest BCUT2D eigenvalue weighted by atomic mass is 9.98. The van der Waals surface area contributed by atoms with Crippen LogP contribution in [0.4, 0.5) is 10.1 Å². The summed E-state index contributed by atoms with van der Waals surface area (Å²) in [6.45, 7) is 5.44. The fraction of sp³-hybridized carbons (Fsp3) is 0.222. The largest absolute Gasteiger partial charge is 0.469 e. The van der Waals surface area contributed by atoms with Gasteiger partial charge in [0.15, 0.2) is 5.43 Å². The molecule has 0 aliphatic carbocycles. The number of hydrogen-bond acceptors (Lipinski definition) is 6. The number of carbonyl (C=O) groups is 1. The Morgan fingerprint density at radius 3 is 2.69 bits per heavy atom. The molecule has 4 rings (SSSR count). The maximum atomic E-state index is 15.4. The van der Waals surface area contributed by atoms with Crippen LogP contribution in [0.25, 0.3) is 22.3 Å². The molecule has 1 N–H and O–H groups in total. The van der Waals surface area contributed by atoms with Crippen molar-refractivity contribution < 1.29 is 18.3 Å². The second-order valence-electron chi connectivity index (χ2n) is 8.38. The van der Waals surface area contributed by atoms with Crippen molar-refractivity contribution in [3.63, 3.8) is 0 Å². The van der Waals surface area contributed by atoms with Gasteiger partial charge in [0.25, 0.3) is 0 Å². The Bertz CT molecular complexity index is 1480. The number of rotatable bonds is 6. The molecule has 0 unspecified atom stereocenters. The highest BCUT2D eigenvalue weighted by Gasteiger charge is 2.22. The van der Waals surface area contributed by atoms with Crippen LogP contribution in [0.1, 0.15) is 35.2 Å². The summed E-state index contributed by atoms with van der Waals surface area (Å²) in [5.41, 5.74) is 3.03. The highest BCUT2D eigenvalue weighted by atomic mass is 35.5. The van der Waals surface area contributed by atoms with Gasteiger partial charge in [0.1, 0.15) is 22.3 Å². The fourth-order valence-electron chi connectivity index (χ4n) is 4.05. The molecule has 2 heterocycles. The summed E-state index contributed by atoms with van der Waals surface area (Å²) in [5, 5.41) is 4.13. The van der Waals surface area contributed by atoms with E-state index in [1.807, 2.05) is 19.9 Å². The Morgan fingerprint density at radius 1 is 1.23 bits per heavy atom. The van der Waals surface area contributed by atoms with Crippen molar-refractivity contribution in [2.75, 3.05) is 12.4 Å². The SMILES string of the molecule is COC(=O)Cc1cccc(-c2oc3c([C@@H](C)Nc4ccc(Cl)nc4)cc(C)cc3c(=O)c2C)c1F. The van der Waals surface area contributed by atoms with Crippen LogP contribution in [0, 0.1) is 19.7 Å². The zero-order valence-electron chi connectivity index (χ0n) is 19.7. The Kier molecular flexibility index (Phi) is 6.89. The molecule has 2 aromatic heterocycles. The van der Waals surface area contributed by atoms with Gasteiger partial charge in [-0.05, 0) is 56.2 Å². The van der Waals surface area contributed by atoms with Crippen LogP contribution in [0.3, 0.4) is 0 Å². The van der Waals surface area contributed by atoms with Gasteiger partial charge in [-0.25, -0.2) is 9.37 Å². The first-order valence-corrected chi connectivity index (χ1v) is 11.4. The highest BCUT2D eigenvalue weighted by molar-refractivity contribution is 6.29. The van der Waals surface area contributed by atoms with Crippen molar-refractivity contribution in [3.05, 3.63) is 92.1 Å². The number of anilines is 1. The van der Waals surface area contributed by atoms with Crippen LogP contribution in [-0.2, 0) is 16.0 Å². The lowest BCUT2D eigenvalue weighted by molar-refractivity contribution is -0.139. The van der Waals surface area contributed by atoms with E-state index in [1.165, 1.54) is 19.2 Å². The molecule has 6 nitrogen and oxygen atoms in total. The number of fused-ring (bicyclic) bond motifs is 1. The van der Waals surface area contributed by atoms with E-state index in [0.717, 1.165) is 16.8 Å². The molecule has 0 spiro atoms. The molecule has 35 heavy (non-hydrogen) atoms. The molecule has 180 valence electrons. The number of ether oxygens (including phenoxy) is 1. The van der Waals surface area contributed by atoms with Crippen molar-refractivity contribution in [3.8, 4) is 11.3 Å². The van der Waals surface area contributed by atoms with E-state index in [9.17, 15) is 9.59 Å². The quantitative estimate of drug-likeness (QED) is 0.255. The molecule has 0 fully saturated rings. The van der Waals surface area contributed by atoms with Crippen LogP contribution in [0.5, 0.6) is 0 Å². The van der Waals surface area contributed by atoms with Crippen molar-refractivity contribution >= 4 is 34.2 Å². The molecule has 0 radical (unpaired) electrons. The first-order chi connectivity index (χ1) is 16.7. The first kappa shape index (κ1) is 24.4. The molecule has 0 amide bonds. The zero-order chi connectivity index (χ0) is 25.3. The van der Waals surface area contributed by atoms with Crippen LogP contribution < -0.4 is 10.7 Å². The Hall–Kier alpha value is -3.71. The lowest BCUT2D eigenvalue weighted by Gasteiger charge is -2.19. The van der Waals surface area contributed by atoms with Gasteiger partial charge in [0.2, 0.25) is 0 Å². The average Bonchev–Trinajstić information content (AvgIpc) is 2.84. The van der Waals surface area contributed by atoms with Crippen LogP contribution >= 0.6 is 11.6 Å². The Labute approximate surface area is 206 Å². The van der Waals surface area contributed by atoms with Gasteiger partial charge in [-0.3, -0.25) is 9.59 Å². The van der Waals surface area contributed by atoms with E-state index in [2.05, 4.69) is 15.0 Å². The number of aromatic nitrogens is 1. The number of benzene rings is 2. The second kappa shape index (κ2) is 9.88. The standard InChI is InChI=1S/C27H24ClFN2O4/c1-14-10-20(16(3)31-18-8-9-22(28)30-13-18)27-21(11-14)25(33)15(2)26(35-27)19-7-5-6-17(24(19)29)12-23(32)34-4/h5-11,13,16,31H,12H2,1-4H3/t16-/m1/s1. The molecule has 0 aliphatic heterocycles. The highest BCUT2D eigenvalue weighted by Crippen LogP contribution is 2.33. The molecule has 8 heteroatoms. The van der Waals surface area contributed by atoms with E-state index in [1.54, 1.807) is 37.4 Å². The topological polar surface area (TPSA) is 81.4 Å². The molecule has 0 saturated carbocycles. The van der Waals surface area contributed by atoms with Gasteiger partial charge in [-0.15, -0.1) is 0 Å². The number of nitrogens with zero attached hydrogens (tertiary/aromatic N) is 1. The van der Waals surface area contributed by atoms with Crippen molar-refractivity contribution in [2.45, 2.75) is 33.2 Å². The number of nitrogens with one attached hydrogen (secondary N) is 1. The van der Waals surface area contributed by atoms with Crippen molar-refractivity contribution in [2.24, 2.45) is 0 Å². The number of esters is 1. The number of aryl methyl sites for hydroxylation is 1. The van der Waals surface area contributed by atoms with Gasteiger partial charge in [-0.2, -0.15) is 0 Å². The van der Waals surface area contributed by atoms with Gasteiger partial charge < -0.3 is 14.5 Å². The summed E-state index contributed by atoms with van der Waals surface area (Å²) in [7, 11) is 1.25. The number of methoxy groups -OCH3 is 1. The van der Waals surface area contributed by atoms with Gasteiger partial charge in [-0.1, -0.05) is 29.8 Å². The van der Waals surface area contributed by atoms with E-state index in [4.69, 9.17) is 16.0 Å². The van der Waals surface area contributed by atoms with Crippen LogP contribution in [-0.4, -0.2) is 18.1 Å². The Balaban J connectivity index is 1.87. The van der Waals surface area contributed by atoms with Crippen molar-refractivity contribution in [1.82, 2.24) is 4.98 Å². The smallest absolute Gasteiger partial charge is 0.310 e. The summed E-state index contributed by atoms with van der Waals surface area (Å²) in [5.74, 6) is -1.07. The third-order valence-corrected chi connectivity index (χ3v) is 6.08. The molecule has 2 aromatic carbocycles. The maximum absolute atomic E-state index is 15.4. The summed E-state index contributed by atoms with van der Waals surface area (Å²) >= 11 is 5.89. The first-order valence-electron chi connectivity index (χ1n) is 11.0. The van der Waals surface area contributed by atoms with E-state index >= 15 is 4.39 Å². The maximum Gasteiger partial charge on any atom is 0.310 e. The van der Waals surface area contributed by atoms with Gasteiger partial charge in [0.05, 0.1) is 42.4 Å². The zero-order valence-corrected chi connectivity index (χ0v) is 20.5. The van der Waals surface area contributed by atoms with Gasteiger partial charge in [0, 0.05) is 11.1 Å². The number of halogens is 2. The van der Waals surface area contributed by atoms with E-state index in [-0.39, 0.29) is 40.3 Å². The van der Waals surface area contributed by atoms with Gasteiger partial charge >= 0.3 is 5.97 Å². The average molecular weight is 495 g/mol. The third kappa shape index (κ3) is 4.91. The Morgan fingerprint density at radius 2 is 2.00 bits per heavy atom. The van der Waals surface area contributed by atoms with E-state index in [0.29, 0.717) is 16.1 Å². The van der Waals surface area contributed by atoms with Crippen LogP contribution in [0.15, 0.2) is 57.9 Å².